The van der Waals surface area contributed by atoms with E-state index in [4.69, 9.17) is 18.9 Å². The molecule has 0 unspecified atom stereocenters. The van der Waals surface area contributed by atoms with Gasteiger partial charge in [-0.15, -0.1) is 11.3 Å². The number of nitrogens with one attached hydrogen (secondary N) is 3. The number of anilines is 1. The van der Waals surface area contributed by atoms with Crippen LogP contribution in [0.5, 0.6) is 0 Å². The van der Waals surface area contributed by atoms with Gasteiger partial charge in [0, 0.05) is 43.7 Å². The molecule has 4 rings (SSSR count). The van der Waals surface area contributed by atoms with Crippen molar-refractivity contribution in [2.75, 3.05) is 64.2 Å². The van der Waals surface area contributed by atoms with Gasteiger partial charge in [-0.2, -0.15) is 0 Å². The zero-order chi connectivity index (χ0) is 42.6. The molecule has 15 heteroatoms. The Hall–Kier alpha value is -4.31. The number of nitrogens with zero attached hydrogens (tertiary/aromatic N) is 2. The van der Waals surface area contributed by atoms with E-state index in [0.717, 1.165) is 40.7 Å². The molecule has 2 aromatic heterocycles. The molecule has 1 aliphatic rings. The molecule has 0 radical (unpaired) electrons. The number of aromatic nitrogens is 1. The lowest BCUT2D eigenvalue weighted by molar-refractivity contribution is -0.156. The van der Waals surface area contributed by atoms with Crippen LogP contribution in [0.15, 0.2) is 41.8 Å². The second kappa shape index (κ2) is 24.7. The first-order chi connectivity index (χ1) is 28.3. The van der Waals surface area contributed by atoms with Crippen molar-refractivity contribution in [3.05, 3.63) is 53.0 Å². The molecule has 0 saturated heterocycles. The average molecular weight is 840 g/mol. The minimum atomic E-state index is -0.498. The standard InChI is InChI=1S/C44H65N5O9S/c1-6-48(35-12-10-11-32(2)29-35)40(51)31-49-36-19-28-59-38(36)30-37(49)43(54)47-34-16-14-33(15-17-34)42(53)46-20-9-7-8-13-39(50)45-21-23-56-25-27-57-26-24-55-22-18-41(52)58-44(3,4)5/h10-12,19,28-30,33-34H,6-9,13-18,20-27,31H2,1-5H3,(H,45,50)(H,46,53)(H,47,54). The molecule has 2 heterocycles. The highest BCUT2D eigenvalue weighted by molar-refractivity contribution is 7.17. The van der Waals surface area contributed by atoms with Gasteiger partial charge in [-0.05, 0) is 108 Å². The predicted molar refractivity (Wildman–Crippen MR) is 230 cm³/mol. The average Bonchev–Trinajstić information content (AvgIpc) is 3.79. The maximum Gasteiger partial charge on any atom is 0.308 e. The van der Waals surface area contributed by atoms with Gasteiger partial charge in [0.1, 0.15) is 17.8 Å². The van der Waals surface area contributed by atoms with E-state index in [2.05, 4.69) is 16.0 Å². The second-order valence-electron chi connectivity index (χ2n) is 15.9. The zero-order valence-corrected chi connectivity index (χ0v) is 36.4. The number of rotatable bonds is 25. The highest BCUT2D eigenvalue weighted by atomic mass is 32.1. The zero-order valence-electron chi connectivity index (χ0n) is 35.6. The predicted octanol–water partition coefficient (Wildman–Crippen LogP) is 5.93. The van der Waals surface area contributed by atoms with Gasteiger partial charge < -0.3 is 44.4 Å². The molecule has 1 fully saturated rings. The Labute approximate surface area is 353 Å². The maximum absolute atomic E-state index is 13.6. The van der Waals surface area contributed by atoms with E-state index in [1.54, 1.807) is 16.2 Å². The summed E-state index contributed by atoms with van der Waals surface area (Å²) in [6.45, 7) is 13.3. The van der Waals surface area contributed by atoms with E-state index in [1.807, 2.05) is 81.0 Å². The quantitative estimate of drug-likeness (QED) is 0.0693. The lowest BCUT2D eigenvalue weighted by Crippen LogP contribution is -2.42. The Kier molecular flexibility index (Phi) is 19.8. The molecule has 0 bridgehead atoms. The van der Waals surface area contributed by atoms with Crippen molar-refractivity contribution < 1.29 is 42.9 Å². The van der Waals surface area contributed by atoms with Gasteiger partial charge in [-0.25, -0.2) is 0 Å². The molecule has 0 aliphatic heterocycles. The summed E-state index contributed by atoms with van der Waals surface area (Å²) >= 11 is 1.54. The van der Waals surface area contributed by atoms with Gasteiger partial charge in [0.15, 0.2) is 0 Å². The van der Waals surface area contributed by atoms with Gasteiger partial charge in [0.05, 0.1) is 56.3 Å². The lowest BCUT2D eigenvalue weighted by Gasteiger charge is -2.28. The highest BCUT2D eigenvalue weighted by Gasteiger charge is 2.29. The fourth-order valence-electron chi connectivity index (χ4n) is 7.00. The van der Waals surface area contributed by atoms with Crippen molar-refractivity contribution in [3.63, 3.8) is 0 Å². The number of hydrogen-bond donors (Lipinski definition) is 3. The molecule has 1 saturated carbocycles. The molecule has 59 heavy (non-hydrogen) atoms. The summed E-state index contributed by atoms with van der Waals surface area (Å²) < 4.78 is 24.3. The number of unbranched alkanes of at least 4 members (excludes halogenated alkanes) is 2. The first-order valence-electron chi connectivity index (χ1n) is 21.1. The van der Waals surface area contributed by atoms with Gasteiger partial charge in [0.25, 0.3) is 5.91 Å². The Morgan fingerprint density at radius 2 is 1.54 bits per heavy atom. The molecule has 4 amide bonds. The highest BCUT2D eigenvalue weighted by Crippen LogP contribution is 2.28. The SMILES string of the molecule is CCN(C(=O)Cn1c(C(=O)NC2CCC(C(=O)NCCCCCC(=O)NCCOCCOCCOCCC(=O)OC(C)(C)C)CC2)cc2sccc21)c1cccc(C)c1. The summed E-state index contributed by atoms with van der Waals surface area (Å²) in [5, 5.41) is 11.1. The van der Waals surface area contributed by atoms with Crippen LogP contribution in [0.1, 0.15) is 102 Å². The summed E-state index contributed by atoms with van der Waals surface area (Å²) in [7, 11) is 0. The van der Waals surface area contributed by atoms with Crippen LogP contribution in [0, 0.1) is 12.8 Å². The molecule has 0 atom stereocenters. The molecule has 0 spiro atoms. The van der Waals surface area contributed by atoms with Crippen molar-refractivity contribution >= 4 is 56.8 Å². The van der Waals surface area contributed by atoms with E-state index in [-0.39, 0.29) is 61.1 Å². The molecular formula is C44H65N5O9S. The molecular weight excluding hydrogens is 775 g/mol. The number of esters is 1. The van der Waals surface area contributed by atoms with Crippen molar-refractivity contribution in [1.82, 2.24) is 20.5 Å². The number of fused-ring (bicyclic) bond motifs is 1. The summed E-state index contributed by atoms with van der Waals surface area (Å²) in [5.41, 5.74) is 2.75. The number of hydrogen-bond acceptors (Lipinski definition) is 10. The number of carbonyl (C=O) groups is 5. The van der Waals surface area contributed by atoms with Crippen molar-refractivity contribution in [2.45, 2.75) is 111 Å². The minimum Gasteiger partial charge on any atom is -0.460 e. The summed E-state index contributed by atoms with van der Waals surface area (Å²) in [6.07, 6.45) is 5.79. The smallest absolute Gasteiger partial charge is 0.308 e. The monoisotopic (exact) mass is 839 g/mol. The van der Waals surface area contributed by atoms with E-state index < -0.39 is 5.60 Å². The van der Waals surface area contributed by atoms with Crippen LogP contribution in [0.4, 0.5) is 5.69 Å². The summed E-state index contributed by atoms with van der Waals surface area (Å²) in [6, 6.07) is 11.6. The Balaban J connectivity index is 1.02. The van der Waals surface area contributed by atoms with Gasteiger partial charge in [-0.1, -0.05) is 18.6 Å². The number of thiophene rings is 1. The third-order valence-electron chi connectivity index (χ3n) is 9.98. The number of carbonyl (C=O) groups excluding carboxylic acids is 5. The number of likely N-dealkylation sites (N-methyl/N-ethyl adjacent to an activating group) is 1. The first-order valence-corrected chi connectivity index (χ1v) is 22.0. The molecule has 14 nitrogen and oxygen atoms in total. The lowest BCUT2D eigenvalue weighted by atomic mass is 9.85. The molecule has 3 N–H and O–H groups in total. The Bertz CT molecular complexity index is 1790. The maximum atomic E-state index is 13.6. The molecule has 1 aromatic carbocycles. The van der Waals surface area contributed by atoms with E-state index in [9.17, 15) is 24.0 Å². The number of ether oxygens (including phenoxy) is 4. The topological polar surface area (TPSA) is 167 Å². The fraction of sp³-hybridized carbons (Fsp3) is 0.614. The van der Waals surface area contributed by atoms with Crippen molar-refractivity contribution in [1.29, 1.82) is 0 Å². The number of benzene rings is 1. The Morgan fingerprint density at radius 3 is 2.24 bits per heavy atom. The van der Waals surface area contributed by atoms with Crippen molar-refractivity contribution in [2.24, 2.45) is 5.92 Å². The normalized spacial score (nSPS) is 15.5. The largest absolute Gasteiger partial charge is 0.460 e. The van der Waals surface area contributed by atoms with E-state index in [1.165, 1.54) is 0 Å². The first kappa shape index (κ1) is 47.4. The van der Waals surface area contributed by atoms with Crippen LogP contribution in [-0.2, 0) is 44.7 Å². The van der Waals surface area contributed by atoms with Gasteiger partial charge in [0.2, 0.25) is 17.7 Å². The van der Waals surface area contributed by atoms with Crippen LogP contribution in [0.2, 0.25) is 0 Å². The molecule has 1 aliphatic carbocycles. The second-order valence-corrected chi connectivity index (χ2v) is 16.9. The van der Waals surface area contributed by atoms with Crippen LogP contribution in [0.25, 0.3) is 10.2 Å². The third kappa shape index (κ3) is 16.7. The van der Waals surface area contributed by atoms with Crippen LogP contribution >= 0.6 is 11.3 Å². The van der Waals surface area contributed by atoms with Crippen LogP contribution in [0.3, 0.4) is 0 Å². The fourth-order valence-corrected chi connectivity index (χ4v) is 7.82. The summed E-state index contributed by atoms with van der Waals surface area (Å²) in [5.74, 6) is -0.643. The molecule has 326 valence electrons. The van der Waals surface area contributed by atoms with Gasteiger partial charge in [-0.3, -0.25) is 24.0 Å². The third-order valence-corrected chi connectivity index (χ3v) is 10.8. The molecule has 3 aromatic rings. The Morgan fingerprint density at radius 1 is 0.831 bits per heavy atom. The summed E-state index contributed by atoms with van der Waals surface area (Å²) in [4.78, 5) is 65.7. The van der Waals surface area contributed by atoms with Crippen LogP contribution < -0.4 is 20.9 Å². The van der Waals surface area contributed by atoms with Crippen LogP contribution in [-0.4, -0.2) is 105 Å². The number of amides is 4. The van der Waals surface area contributed by atoms with Crippen molar-refractivity contribution in [3.8, 4) is 0 Å². The van der Waals surface area contributed by atoms with E-state index in [0.29, 0.717) is 90.5 Å². The minimum absolute atomic E-state index is 0.0240. The number of aryl methyl sites for hydroxylation is 1. The van der Waals surface area contributed by atoms with E-state index >= 15 is 0 Å². The van der Waals surface area contributed by atoms with Gasteiger partial charge >= 0.3 is 5.97 Å².